The van der Waals surface area contributed by atoms with Crippen molar-refractivity contribution in [2.45, 2.75) is 18.3 Å². The fourth-order valence-corrected chi connectivity index (χ4v) is 2.50. The Bertz CT molecular complexity index is 331. The summed E-state index contributed by atoms with van der Waals surface area (Å²) in [6.07, 6.45) is 2.96. The Hall–Kier alpha value is -1.35. The third kappa shape index (κ3) is 2.25. The van der Waals surface area contributed by atoms with Gasteiger partial charge in [0.1, 0.15) is 0 Å². The van der Waals surface area contributed by atoms with Crippen LogP contribution in [0.2, 0.25) is 0 Å². The van der Waals surface area contributed by atoms with Gasteiger partial charge >= 0.3 is 0 Å². The maximum absolute atomic E-state index is 10.5. The number of hydrogen-bond acceptors (Lipinski definition) is 2. The molecule has 1 aromatic rings. The minimum atomic E-state index is 0.118. The predicted molar refractivity (Wildman–Crippen MR) is 64.3 cm³/mol. The summed E-state index contributed by atoms with van der Waals surface area (Å²) in [5, 5.41) is 6.22. The zero-order chi connectivity index (χ0) is 11.3. The van der Waals surface area contributed by atoms with Crippen LogP contribution in [0.25, 0.3) is 0 Å². The summed E-state index contributed by atoms with van der Waals surface area (Å²) in [7, 11) is 0. The van der Waals surface area contributed by atoms with Crippen molar-refractivity contribution in [2.75, 3.05) is 19.6 Å². The first kappa shape index (κ1) is 11.1. The fraction of sp³-hybridized carbons (Fsp3) is 0.462. The van der Waals surface area contributed by atoms with Gasteiger partial charge in [0.05, 0.1) is 0 Å². The van der Waals surface area contributed by atoms with Crippen molar-refractivity contribution < 1.29 is 4.79 Å². The highest BCUT2D eigenvalue weighted by Gasteiger charge is 2.33. The van der Waals surface area contributed by atoms with Crippen molar-refractivity contribution in [3.8, 4) is 0 Å². The van der Waals surface area contributed by atoms with Gasteiger partial charge in [0.15, 0.2) is 0 Å². The van der Waals surface area contributed by atoms with Crippen molar-refractivity contribution in [1.29, 1.82) is 0 Å². The molecule has 0 saturated carbocycles. The van der Waals surface area contributed by atoms with E-state index < -0.39 is 0 Å². The normalized spacial score (nSPS) is 19.0. The van der Waals surface area contributed by atoms with Gasteiger partial charge in [-0.15, -0.1) is 0 Å². The molecule has 1 heterocycles. The summed E-state index contributed by atoms with van der Waals surface area (Å²) in [6.45, 7) is 2.78. The Labute approximate surface area is 96.2 Å². The van der Waals surface area contributed by atoms with Crippen LogP contribution in [-0.4, -0.2) is 26.0 Å². The number of benzene rings is 1. The number of nitrogens with one attached hydrogen (secondary N) is 2. The third-order valence-corrected chi connectivity index (χ3v) is 3.47. The largest absolute Gasteiger partial charge is 0.358 e. The molecule has 2 N–H and O–H groups in total. The van der Waals surface area contributed by atoms with Crippen molar-refractivity contribution in [2.24, 2.45) is 0 Å². The maximum Gasteiger partial charge on any atom is 0.207 e. The number of hydrogen-bond donors (Lipinski definition) is 2. The van der Waals surface area contributed by atoms with Crippen LogP contribution in [0.5, 0.6) is 0 Å². The van der Waals surface area contributed by atoms with Gasteiger partial charge in [0, 0.05) is 12.0 Å². The van der Waals surface area contributed by atoms with Gasteiger partial charge in [-0.05, 0) is 31.5 Å². The first-order valence-electron chi connectivity index (χ1n) is 5.81. The summed E-state index contributed by atoms with van der Waals surface area (Å²) >= 11 is 0. The van der Waals surface area contributed by atoms with Crippen LogP contribution in [0.3, 0.4) is 0 Å². The lowest BCUT2D eigenvalue weighted by atomic mass is 9.73. The Morgan fingerprint density at radius 2 is 1.94 bits per heavy atom. The highest BCUT2D eigenvalue weighted by atomic mass is 16.1. The maximum atomic E-state index is 10.5. The molecule has 1 aliphatic rings. The Morgan fingerprint density at radius 1 is 1.25 bits per heavy atom. The summed E-state index contributed by atoms with van der Waals surface area (Å²) in [5.74, 6) is 0. The van der Waals surface area contributed by atoms with Crippen molar-refractivity contribution in [3.05, 3.63) is 35.9 Å². The van der Waals surface area contributed by atoms with Gasteiger partial charge < -0.3 is 10.6 Å². The molecule has 1 fully saturated rings. The minimum absolute atomic E-state index is 0.118. The summed E-state index contributed by atoms with van der Waals surface area (Å²) < 4.78 is 0. The lowest BCUT2D eigenvalue weighted by Crippen LogP contribution is -2.46. The molecule has 0 atom stereocenters. The van der Waals surface area contributed by atoms with Crippen LogP contribution >= 0.6 is 0 Å². The number of piperidine rings is 1. The molecular formula is C13H18N2O. The van der Waals surface area contributed by atoms with Gasteiger partial charge in [0.25, 0.3) is 0 Å². The number of carbonyl (C=O) groups is 1. The quantitative estimate of drug-likeness (QED) is 0.742. The van der Waals surface area contributed by atoms with E-state index in [9.17, 15) is 4.79 Å². The summed E-state index contributed by atoms with van der Waals surface area (Å²) in [6, 6.07) is 10.5. The lowest BCUT2D eigenvalue weighted by molar-refractivity contribution is -0.109. The molecule has 0 aliphatic carbocycles. The van der Waals surface area contributed by atoms with Crippen LogP contribution < -0.4 is 10.6 Å². The highest BCUT2D eigenvalue weighted by Crippen LogP contribution is 2.32. The summed E-state index contributed by atoms with van der Waals surface area (Å²) in [4.78, 5) is 10.5. The van der Waals surface area contributed by atoms with Crippen LogP contribution in [0.4, 0.5) is 0 Å². The van der Waals surface area contributed by atoms with E-state index in [0.29, 0.717) is 0 Å². The van der Waals surface area contributed by atoms with E-state index in [1.807, 2.05) is 6.07 Å². The van der Waals surface area contributed by atoms with Crippen LogP contribution in [0.1, 0.15) is 18.4 Å². The molecule has 1 aromatic carbocycles. The first-order chi connectivity index (χ1) is 7.87. The number of rotatable bonds is 4. The van der Waals surface area contributed by atoms with Crippen LogP contribution in [0.15, 0.2) is 30.3 Å². The zero-order valence-corrected chi connectivity index (χ0v) is 9.41. The van der Waals surface area contributed by atoms with E-state index in [4.69, 9.17) is 0 Å². The average Bonchev–Trinajstić information content (AvgIpc) is 2.38. The second kappa shape index (κ2) is 5.12. The lowest BCUT2D eigenvalue weighted by Gasteiger charge is -2.38. The van der Waals surface area contributed by atoms with Gasteiger partial charge in [-0.2, -0.15) is 0 Å². The van der Waals surface area contributed by atoms with Crippen molar-refractivity contribution >= 4 is 6.41 Å². The molecule has 3 heteroatoms. The van der Waals surface area contributed by atoms with E-state index in [1.54, 1.807) is 0 Å². The molecule has 0 unspecified atom stereocenters. The number of carbonyl (C=O) groups excluding carboxylic acids is 1. The summed E-state index contributed by atoms with van der Waals surface area (Å²) in [5.41, 5.74) is 1.46. The molecular weight excluding hydrogens is 200 g/mol. The highest BCUT2D eigenvalue weighted by molar-refractivity contribution is 5.46. The smallest absolute Gasteiger partial charge is 0.207 e. The molecule has 0 radical (unpaired) electrons. The third-order valence-electron chi connectivity index (χ3n) is 3.47. The van der Waals surface area contributed by atoms with E-state index in [0.717, 1.165) is 38.9 Å². The molecule has 3 nitrogen and oxygen atoms in total. The topological polar surface area (TPSA) is 41.1 Å². The van der Waals surface area contributed by atoms with E-state index in [1.165, 1.54) is 5.56 Å². The first-order valence-corrected chi connectivity index (χ1v) is 5.81. The minimum Gasteiger partial charge on any atom is -0.358 e. The van der Waals surface area contributed by atoms with E-state index in [-0.39, 0.29) is 5.41 Å². The second-order valence-corrected chi connectivity index (χ2v) is 4.40. The van der Waals surface area contributed by atoms with Crippen LogP contribution in [-0.2, 0) is 10.2 Å². The van der Waals surface area contributed by atoms with Crippen LogP contribution in [0, 0.1) is 0 Å². The Kier molecular flexibility index (Phi) is 3.57. The predicted octanol–water partition coefficient (Wildman–Crippen LogP) is 1.05. The average molecular weight is 218 g/mol. The molecule has 0 aromatic heterocycles. The molecule has 0 spiro atoms. The Morgan fingerprint density at radius 3 is 2.56 bits per heavy atom. The fourth-order valence-electron chi connectivity index (χ4n) is 2.50. The van der Waals surface area contributed by atoms with E-state index >= 15 is 0 Å². The second-order valence-electron chi connectivity index (χ2n) is 4.40. The molecule has 86 valence electrons. The van der Waals surface area contributed by atoms with Gasteiger partial charge in [-0.3, -0.25) is 4.79 Å². The molecule has 0 bridgehead atoms. The molecule has 2 rings (SSSR count). The SMILES string of the molecule is O=CNCC1(c2ccccc2)CCNCC1. The molecule has 1 saturated heterocycles. The Balaban J connectivity index is 2.22. The van der Waals surface area contributed by atoms with Gasteiger partial charge in [-0.1, -0.05) is 30.3 Å². The van der Waals surface area contributed by atoms with E-state index in [2.05, 4.69) is 34.9 Å². The monoisotopic (exact) mass is 218 g/mol. The zero-order valence-electron chi connectivity index (χ0n) is 9.41. The van der Waals surface area contributed by atoms with Crippen molar-refractivity contribution in [1.82, 2.24) is 10.6 Å². The van der Waals surface area contributed by atoms with Crippen molar-refractivity contribution in [3.63, 3.8) is 0 Å². The van der Waals surface area contributed by atoms with Gasteiger partial charge in [-0.25, -0.2) is 0 Å². The number of amides is 1. The van der Waals surface area contributed by atoms with Gasteiger partial charge in [0.2, 0.25) is 6.41 Å². The molecule has 1 aliphatic heterocycles. The molecule has 1 amide bonds. The standard InChI is InChI=1S/C13H18N2O/c16-11-15-10-13(6-8-14-9-7-13)12-4-2-1-3-5-12/h1-5,11,14H,6-10H2,(H,15,16). The molecule has 16 heavy (non-hydrogen) atoms.